The van der Waals surface area contributed by atoms with Crippen LogP contribution in [0.1, 0.15) is 37.7 Å². The van der Waals surface area contributed by atoms with Crippen LogP contribution >= 0.6 is 24.0 Å². The standard InChI is InChI=1S/C14H19ClN2O.ClH/c15-12-5-3-11(4-6-12)14(8-1-2-9-14)17-13(18)7-10-16;/h3-6H,1-2,7-10,16H2,(H,17,18);1H. The quantitative estimate of drug-likeness (QED) is 0.898. The summed E-state index contributed by atoms with van der Waals surface area (Å²) < 4.78 is 0. The van der Waals surface area contributed by atoms with Crippen molar-refractivity contribution in [2.75, 3.05) is 6.54 Å². The molecule has 1 aromatic rings. The minimum atomic E-state index is -0.211. The van der Waals surface area contributed by atoms with Gasteiger partial charge in [0, 0.05) is 18.0 Å². The molecular weight excluding hydrogens is 283 g/mol. The van der Waals surface area contributed by atoms with Crippen molar-refractivity contribution in [3.8, 4) is 0 Å². The molecule has 0 saturated heterocycles. The SMILES string of the molecule is Cl.NCCC(=O)NC1(c2ccc(Cl)cc2)CCCC1. The second kappa shape index (κ2) is 7.13. The smallest absolute Gasteiger partial charge is 0.221 e. The van der Waals surface area contributed by atoms with Crippen LogP contribution in [0.3, 0.4) is 0 Å². The van der Waals surface area contributed by atoms with E-state index in [4.69, 9.17) is 17.3 Å². The molecule has 0 atom stereocenters. The van der Waals surface area contributed by atoms with E-state index in [9.17, 15) is 4.79 Å². The summed E-state index contributed by atoms with van der Waals surface area (Å²) in [5, 5.41) is 3.89. The van der Waals surface area contributed by atoms with Crippen molar-refractivity contribution < 1.29 is 4.79 Å². The molecule has 0 spiro atoms. The Bertz CT molecular complexity index is 414. The van der Waals surface area contributed by atoms with Crippen LogP contribution in [0.25, 0.3) is 0 Å². The third kappa shape index (κ3) is 3.85. The van der Waals surface area contributed by atoms with E-state index in [1.165, 1.54) is 0 Å². The summed E-state index contributed by atoms with van der Waals surface area (Å²) in [5.74, 6) is 0.0364. The van der Waals surface area contributed by atoms with Crippen LogP contribution in [0, 0.1) is 0 Å². The molecule has 1 amide bonds. The van der Waals surface area contributed by atoms with E-state index in [0.29, 0.717) is 13.0 Å². The van der Waals surface area contributed by atoms with E-state index >= 15 is 0 Å². The Hall–Kier alpha value is -0.770. The number of carbonyl (C=O) groups is 1. The molecule has 1 aliphatic rings. The largest absolute Gasteiger partial charge is 0.347 e. The lowest BCUT2D eigenvalue weighted by atomic mass is 9.88. The summed E-state index contributed by atoms with van der Waals surface area (Å²) in [5.41, 5.74) is 6.36. The Labute approximate surface area is 125 Å². The number of benzene rings is 1. The molecule has 2 rings (SSSR count). The molecule has 1 aliphatic carbocycles. The monoisotopic (exact) mass is 302 g/mol. The molecule has 19 heavy (non-hydrogen) atoms. The van der Waals surface area contributed by atoms with E-state index in [1.807, 2.05) is 24.3 Å². The zero-order chi connectivity index (χ0) is 13.0. The first-order valence-corrected chi connectivity index (χ1v) is 6.81. The van der Waals surface area contributed by atoms with Gasteiger partial charge in [-0.2, -0.15) is 0 Å². The fourth-order valence-electron chi connectivity index (χ4n) is 2.69. The van der Waals surface area contributed by atoms with Crippen molar-refractivity contribution >= 4 is 29.9 Å². The van der Waals surface area contributed by atoms with Crippen LogP contribution in [0.15, 0.2) is 24.3 Å². The van der Waals surface area contributed by atoms with Gasteiger partial charge in [-0.25, -0.2) is 0 Å². The predicted octanol–water partition coefficient (Wildman–Crippen LogP) is 3.00. The number of amides is 1. The van der Waals surface area contributed by atoms with Gasteiger partial charge in [-0.3, -0.25) is 4.79 Å². The normalized spacial score (nSPS) is 16.7. The van der Waals surface area contributed by atoms with Crippen molar-refractivity contribution in [3.05, 3.63) is 34.9 Å². The van der Waals surface area contributed by atoms with Crippen LogP contribution in [0.5, 0.6) is 0 Å². The van der Waals surface area contributed by atoms with Crippen molar-refractivity contribution in [1.29, 1.82) is 0 Å². The highest BCUT2D eigenvalue weighted by Gasteiger charge is 2.36. The minimum absolute atomic E-state index is 0. The van der Waals surface area contributed by atoms with Crippen LogP contribution in [0.2, 0.25) is 5.02 Å². The molecule has 0 aliphatic heterocycles. The van der Waals surface area contributed by atoms with Crippen molar-refractivity contribution in [2.45, 2.75) is 37.6 Å². The Balaban J connectivity index is 0.00000180. The van der Waals surface area contributed by atoms with E-state index in [2.05, 4.69) is 5.32 Å². The average Bonchev–Trinajstić information content (AvgIpc) is 2.79. The maximum atomic E-state index is 11.8. The van der Waals surface area contributed by atoms with Gasteiger partial charge in [-0.1, -0.05) is 36.6 Å². The van der Waals surface area contributed by atoms with Gasteiger partial charge in [0.1, 0.15) is 0 Å². The Morgan fingerprint density at radius 2 is 1.84 bits per heavy atom. The van der Waals surface area contributed by atoms with Gasteiger partial charge in [0.2, 0.25) is 5.91 Å². The van der Waals surface area contributed by atoms with Gasteiger partial charge in [-0.15, -0.1) is 12.4 Å². The van der Waals surface area contributed by atoms with E-state index in [-0.39, 0.29) is 23.9 Å². The van der Waals surface area contributed by atoms with Crippen LogP contribution < -0.4 is 11.1 Å². The molecule has 5 heteroatoms. The molecule has 0 aromatic heterocycles. The molecule has 1 saturated carbocycles. The number of halogens is 2. The molecule has 3 nitrogen and oxygen atoms in total. The lowest BCUT2D eigenvalue weighted by Crippen LogP contribution is -2.44. The van der Waals surface area contributed by atoms with Crippen LogP contribution in [-0.4, -0.2) is 12.5 Å². The predicted molar refractivity (Wildman–Crippen MR) is 80.7 cm³/mol. The molecule has 0 bridgehead atoms. The van der Waals surface area contributed by atoms with Gasteiger partial charge < -0.3 is 11.1 Å². The maximum absolute atomic E-state index is 11.8. The minimum Gasteiger partial charge on any atom is -0.347 e. The highest BCUT2D eigenvalue weighted by Crippen LogP contribution is 2.39. The maximum Gasteiger partial charge on any atom is 0.221 e. The first kappa shape index (κ1) is 16.3. The van der Waals surface area contributed by atoms with E-state index < -0.39 is 0 Å². The first-order valence-electron chi connectivity index (χ1n) is 6.43. The van der Waals surface area contributed by atoms with E-state index in [0.717, 1.165) is 36.3 Å². The number of nitrogens with two attached hydrogens (primary N) is 1. The summed E-state index contributed by atoms with van der Waals surface area (Å²) >= 11 is 5.92. The van der Waals surface area contributed by atoms with Gasteiger partial charge in [0.15, 0.2) is 0 Å². The van der Waals surface area contributed by atoms with Crippen LogP contribution in [-0.2, 0) is 10.3 Å². The summed E-state index contributed by atoms with van der Waals surface area (Å²) in [7, 11) is 0. The Kier molecular flexibility index (Phi) is 6.11. The molecule has 0 heterocycles. The van der Waals surface area contributed by atoms with Crippen molar-refractivity contribution in [3.63, 3.8) is 0 Å². The third-order valence-electron chi connectivity index (χ3n) is 3.60. The zero-order valence-electron chi connectivity index (χ0n) is 10.8. The number of carbonyl (C=O) groups excluding carboxylic acids is 1. The Morgan fingerprint density at radius 3 is 2.37 bits per heavy atom. The topological polar surface area (TPSA) is 55.1 Å². The fraction of sp³-hybridized carbons (Fsp3) is 0.500. The summed E-state index contributed by atoms with van der Waals surface area (Å²) in [6.07, 6.45) is 4.66. The fourth-order valence-corrected chi connectivity index (χ4v) is 2.82. The lowest BCUT2D eigenvalue weighted by Gasteiger charge is -2.31. The molecule has 0 radical (unpaired) electrons. The van der Waals surface area contributed by atoms with Gasteiger partial charge in [-0.05, 0) is 30.5 Å². The van der Waals surface area contributed by atoms with Crippen LogP contribution in [0.4, 0.5) is 0 Å². The third-order valence-corrected chi connectivity index (χ3v) is 3.86. The molecule has 1 aromatic carbocycles. The second-order valence-electron chi connectivity index (χ2n) is 4.88. The summed E-state index contributed by atoms with van der Waals surface area (Å²) in [6, 6.07) is 7.78. The van der Waals surface area contributed by atoms with E-state index in [1.54, 1.807) is 0 Å². The molecule has 106 valence electrons. The Morgan fingerprint density at radius 1 is 1.26 bits per heavy atom. The molecular formula is C14H20Cl2N2O. The van der Waals surface area contributed by atoms with Crippen molar-refractivity contribution in [2.24, 2.45) is 5.73 Å². The highest BCUT2D eigenvalue weighted by molar-refractivity contribution is 6.30. The molecule has 0 unspecified atom stereocenters. The zero-order valence-corrected chi connectivity index (χ0v) is 12.4. The lowest BCUT2D eigenvalue weighted by molar-refractivity contribution is -0.122. The number of nitrogens with one attached hydrogen (secondary N) is 1. The molecule has 1 fully saturated rings. The molecule has 3 N–H and O–H groups in total. The van der Waals surface area contributed by atoms with Crippen molar-refractivity contribution in [1.82, 2.24) is 5.32 Å². The first-order chi connectivity index (χ1) is 8.66. The average molecular weight is 303 g/mol. The number of hydrogen-bond donors (Lipinski definition) is 2. The number of hydrogen-bond acceptors (Lipinski definition) is 2. The van der Waals surface area contributed by atoms with Gasteiger partial charge in [0.25, 0.3) is 0 Å². The summed E-state index contributed by atoms with van der Waals surface area (Å²) in [6.45, 7) is 0.391. The number of rotatable bonds is 4. The highest BCUT2D eigenvalue weighted by atomic mass is 35.5. The van der Waals surface area contributed by atoms with Gasteiger partial charge >= 0.3 is 0 Å². The van der Waals surface area contributed by atoms with Gasteiger partial charge in [0.05, 0.1) is 5.54 Å². The second-order valence-corrected chi connectivity index (χ2v) is 5.32. The summed E-state index contributed by atoms with van der Waals surface area (Å²) in [4.78, 5) is 11.8.